The van der Waals surface area contributed by atoms with E-state index in [-0.39, 0.29) is 52.4 Å². The topological polar surface area (TPSA) is 156 Å². The van der Waals surface area contributed by atoms with Crippen molar-refractivity contribution in [2.45, 2.75) is 75.0 Å². The van der Waals surface area contributed by atoms with Crippen molar-refractivity contribution in [2.75, 3.05) is 6.61 Å². The third kappa shape index (κ3) is 7.71. The molecule has 1 saturated heterocycles. The van der Waals surface area contributed by atoms with E-state index in [4.69, 9.17) is 21.7 Å². The Hall–Kier alpha value is -5.01. The van der Waals surface area contributed by atoms with Gasteiger partial charge in [-0.15, -0.1) is 0 Å². The molecular formula is C33H36B3ClF6N10O3. The molecule has 2 aromatic carbocycles. The minimum Gasteiger partial charge on any atom is -0.447 e. The maximum atomic E-state index is 16.1. The molecule has 0 unspecified atom stereocenters. The predicted molar refractivity (Wildman–Crippen MR) is 199 cm³/mol. The van der Waals surface area contributed by atoms with Crippen LogP contribution in [0.1, 0.15) is 69.5 Å². The van der Waals surface area contributed by atoms with E-state index in [0.29, 0.717) is 0 Å². The van der Waals surface area contributed by atoms with Crippen LogP contribution >= 0.6 is 11.6 Å². The van der Waals surface area contributed by atoms with Gasteiger partial charge >= 0.3 is 12.3 Å². The summed E-state index contributed by atoms with van der Waals surface area (Å²) in [6.45, 7) is 4.68. The van der Waals surface area contributed by atoms with Crippen molar-refractivity contribution >= 4 is 53.1 Å². The third-order valence-electron chi connectivity index (χ3n) is 9.45. The number of hydrogen-bond donors (Lipinski definition) is 3. The molecule has 2 aliphatic rings. The summed E-state index contributed by atoms with van der Waals surface area (Å²) >= 11 is 6.41. The van der Waals surface area contributed by atoms with Crippen LogP contribution < -0.4 is 10.6 Å². The van der Waals surface area contributed by atoms with E-state index in [0.717, 1.165) is 22.0 Å². The lowest BCUT2D eigenvalue weighted by Gasteiger charge is -2.35. The Morgan fingerprint density at radius 1 is 1.11 bits per heavy atom. The number of hydrogen-bond acceptors (Lipinski definition) is 8. The van der Waals surface area contributed by atoms with Gasteiger partial charge in [0.25, 0.3) is 12.3 Å². The molecule has 13 nitrogen and oxygen atoms in total. The minimum atomic E-state index is -4.76. The largest absolute Gasteiger partial charge is 0.447 e. The van der Waals surface area contributed by atoms with Crippen LogP contribution in [0.15, 0.2) is 48.9 Å². The molecule has 4 aromatic rings. The van der Waals surface area contributed by atoms with Crippen molar-refractivity contribution < 1.29 is 40.7 Å². The number of rotatable bonds is 11. The first-order chi connectivity index (χ1) is 26.0. The molecule has 0 bridgehead atoms. The average Bonchev–Trinajstić information content (AvgIpc) is 3.39. The number of alkyl halides is 5. The number of benzene rings is 2. The number of ether oxygens (including phenoxy) is 1. The van der Waals surface area contributed by atoms with Gasteiger partial charge in [-0.25, -0.2) is 32.4 Å². The number of carbonyl (C=O) groups is 2. The van der Waals surface area contributed by atoms with Gasteiger partial charge in [0.1, 0.15) is 59.1 Å². The average molecular weight is 803 g/mol. The van der Waals surface area contributed by atoms with E-state index in [1.54, 1.807) is 0 Å². The minimum absolute atomic E-state index is 0.00143. The van der Waals surface area contributed by atoms with Crippen LogP contribution in [0.3, 0.4) is 0 Å². The van der Waals surface area contributed by atoms with E-state index in [9.17, 15) is 31.5 Å². The van der Waals surface area contributed by atoms with Crippen LogP contribution in [0.5, 0.6) is 0 Å². The second-order valence-corrected chi connectivity index (χ2v) is 16.4. The van der Waals surface area contributed by atoms with Crippen LogP contribution in [0, 0.1) is 16.6 Å². The molecule has 0 radical (unpaired) electrons. The number of guanidine groups is 1. The van der Waals surface area contributed by atoms with Crippen molar-refractivity contribution in [1.82, 2.24) is 45.3 Å². The van der Waals surface area contributed by atoms with Gasteiger partial charge in [-0.1, -0.05) is 44.5 Å². The lowest BCUT2D eigenvalue weighted by Crippen LogP contribution is -2.49. The van der Waals surface area contributed by atoms with Crippen molar-refractivity contribution in [3.63, 3.8) is 0 Å². The Morgan fingerprint density at radius 3 is 2.38 bits per heavy atom. The van der Waals surface area contributed by atoms with Gasteiger partial charge in [-0.05, 0) is 65.3 Å². The molecule has 23 heteroatoms. The normalized spacial score (nSPS) is 18.9. The summed E-state index contributed by atoms with van der Waals surface area (Å²) in [5.41, 5.74) is -4.48. The molecule has 3 N–H and O–H groups in total. The number of alkyl carbamates (subject to hydrolysis) is 1. The number of halogens is 7. The van der Waals surface area contributed by atoms with Crippen molar-refractivity contribution in [2.24, 2.45) is 5.41 Å². The van der Waals surface area contributed by atoms with E-state index < -0.39 is 76.6 Å². The molecule has 56 heavy (non-hydrogen) atoms. The maximum Gasteiger partial charge on any atom is 0.411 e. The quantitative estimate of drug-likeness (QED) is 0.154. The zero-order valence-corrected chi connectivity index (χ0v) is 31.9. The van der Waals surface area contributed by atoms with E-state index >= 15 is 4.39 Å². The molecule has 1 saturated carbocycles. The highest BCUT2D eigenvalue weighted by Crippen LogP contribution is 2.49. The highest BCUT2D eigenvalue weighted by Gasteiger charge is 2.65. The Kier molecular flexibility index (Phi) is 10.3. The Balaban J connectivity index is 1.42. The SMILES string of the molecule is BC(B)(B)n1ncc(-c2ccc([C@@]3(CC(C)(C)C)NC(=N)N([C@H](COC(=O)NC4(C(F)(F)F)CC4)c4ccc(Cl)c(-n5ncnc5C(F)F)c4)C3=O)cc2F)n1. The van der Waals surface area contributed by atoms with E-state index in [2.05, 4.69) is 25.6 Å². The summed E-state index contributed by atoms with van der Waals surface area (Å²) in [7, 11) is 5.63. The van der Waals surface area contributed by atoms with Gasteiger partial charge in [0.15, 0.2) is 11.8 Å². The monoisotopic (exact) mass is 802 g/mol. The number of nitrogens with zero attached hydrogens (tertiary/aromatic N) is 7. The fraction of sp³-hybridized carbons (Fsp3) is 0.424. The molecule has 294 valence electrons. The summed E-state index contributed by atoms with van der Waals surface area (Å²) in [5, 5.41) is 25.8. The molecule has 2 fully saturated rings. The van der Waals surface area contributed by atoms with Crippen LogP contribution in [-0.2, 0) is 20.3 Å². The lowest BCUT2D eigenvalue weighted by atomic mass is 9.50. The smallest absolute Gasteiger partial charge is 0.411 e. The third-order valence-corrected chi connectivity index (χ3v) is 9.77. The number of nitrogens with one attached hydrogen (secondary N) is 3. The van der Waals surface area contributed by atoms with Crippen molar-refractivity contribution in [3.05, 3.63) is 76.7 Å². The van der Waals surface area contributed by atoms with Crippen molar-refractivity contribution in [3.8, 4) is 16.9 Å². The summed E-state index contributed by atoms with van der Waals surface area (Å²) in [5.74, 6) is -2.82. The Bertz CT molecular complexity index is 2190. The van der Waals surface area contributed by atoms with Crippen LogP contribution in [0.4, 0.5) is 31.1 Å². The first-order valence-electron chi connectivity index (χ1n) is 17.4. The van der Waals surface area contributed by atoms with Gasteiger partial charge in [0.05, 0.1) is 22.9 Å². The van der Waals surface area contributed by atoms with Gasteiger partial charge < -0.3 is 15.4 Å². The van der Waals surface area contributed by atoms with Gasteiger partial charge in [-0.3, -0.25) is 15.1 Å². The zero-order valence-electron chi connectivity index (χ0n) is 31.1. The molecule has 1 aliphatic heterocycles. The molecule has 2 atom stereocenters. The molecule has 0 spiro atoms. The van der Waals surface area contributed by atoms with Crippen LogP contribution in [0.25, 0.3) is 16.9 Å². The standard InChI is InChI=1S/C33H36B3ClF6N10O3/c1-29(2,3)14-31(17-5-6-18(20(38)11-17)21-12-46-53(50-21)33(34,35)36)26(54)51(27(44)48-31)23(13-56-28(55)49-30(8-9-30)32(41,42)43)16-4-7-19(37)22(10-16)52-25(24(39)40)45-15-47-52/h4-7,10-12,15,23-24H,8-9,13-14,34-36H2,1-3H3,(H2,44,48)(H,49,55)/t23-,31-/m1/s1. The fourth-order valence-electron chi connectivity index (χ4n) is 6.63. The van der Waals surface area contributed by atoms with E-state index in [1.807, 2.05) is 49.6 Å². The van der Waals surface area contributed by atoms with Crippen LogP contribution in [0.2, 0.25) is 5.02 Å². The predicted octanol–water partition coefficient (Wildman–Crippen LogP) is 3.28. The first-order valence-corrected chi connectivity index (χ1v) is 17.8. The molecule has 2 amide bonds. The molecular weight excluding hydrogens is 766 g/mol. The lowest BCUT2D eigenvalue weighted by molar-refractivity contribution is -0.164. The summed E-state index contributed by atoms with van der Waals surface area (Å²) in [4.78, 5) is 33.8. The van der Waals surface area contributed by atoms with Crippen LogP contribution in [-0.4, -0.2) is 94.5 Å². The zero-order chi connectivity index (χ0) is 41.2. The number of carbonyl (C=O) groups excluding carboxylic acids is 2. The van der Waals surface area contributed by atoms with Gasteiger partial charge in [0, 0.05) is 5.56 Å². The fourth-order valence-corrected chi connectivity index (χ4v) is 6.82. The molecule has 3 heterocycles. The maximum absolute atomic E-state index is 16.1. The molecule has 6 rings (SSSR count). The second kappa shape index (κ2) is 14.2. The molecule has 2 aromatic heterocycles. The Morgan fingerprint density at radius 2 is 1.80 bits per heavy atom. The van der Waals surface area contributed by atoms with Crippen molar-refractivity contribution in [1.29, 1.82) is 5.41 Å². The van der Waals surface area contributed by atoms with Gasteiger partial charge in [0.2, 0.25) is 0 Å². The summed E-state index contributed by atoms with van der Waals surface area (Å²) in [6, 6.07) is 6.59. The molecule has 1 aliphatic carbocycles. The highest BCUT2D eigenvalue weighted by atomic mass is 35.5. The van der Waals surface area contributed by atoms with E-state index in [1.165, 1.54) is 41.3 Å². The number of aromatic nitrogens is 6. The first kappa shape index (κ1) is 40.7. The second-order valence-electron chi connectivity index (χ2n) is 16.0. The summed E-state index contributed by atoms with van der Waals surface area (Å²) < 4.78 is 90.9. The summed E-state index contributed by atoms with van der Waals surface area (Å²) in [6.07, 6.45) is -7.70. The van der Waals surface area contributed by atoms with Gasteiger partial charge in [-0.2, -0.15) is 28.5 Å². The Labute approximate surface area is 324 Å². The highest BCUT2D eigenvalue weighted by molar-refractivity contribution is 6.56. The number of amides is 2.